The molecule has 2 atom stereocenters. The molecule has 2 amide bonds. The molecular weight excluding hydrogens is 312 g/mol. The fraction of sp³-hybridized carbons (Fsp3) is 0.647. The molecule has 1 fully saturated rings. The van der Waals surface area contributed by atoms with Crippen molar-refractivity contribution in [2.45, 2.75) is 52.1 Å². The van der Waals surface area contributed by atoms with E-state index in [1.54, 1.807) is 22.9 Å². The summed E-state index contributed by atoms with van der Waals surface area (Å²) < 4.78 is 5.48. The van der Waals surface area contributed by atoms with E-state index in [4.69, 9.17) is 4.42 Å². The maximum Gasteiger partial charge on any atom is 0.244 e. The van der Waals surface area contributed by atoms with E-state index in [9.17, 15) is 9.59 Å². The van der Waals surface area contributed by atoms with Gasteiger partial charge in [-0.05, 0) is 18.9 Å². The van der Waals surface area contributed by atoms with Gasteiger partial charge in [0.1, 0.15) is 11.8 Å². The molecule has 6 heteroatoms. The first-order valence-electron chi connectivity index (χ1n) is 8.13. The van der Waals surface area contributed by atoms with Crippen molar-refractivity contribution in [2.75, 3.05) is 11.6 Å². The molecule has 2 heterocycles. The van der Waals surface area contributed by atoms with Crippen LogP contribution in [-0.4, -0.2) is 34.4 Å². The van der Waals surface area contributed by atoms with Crippen molar-refractivity contribution in [3.63, 3.8) is 0 Å². The zero-order valence-electron chi connectivity index (χ0n) is 13.9. The number of carbonyl (C=O) groups is 2. The van der Waals surface area contributed by atoms with Crippen LogP contribution >= 0.6 is 11.8 Å². The highest BCUT2D eigenvalue weighted by Crippen LogP contribution is 2.32. The molecule has 0 unspecified atom stereocenters. The molecule has 5 nitrogen and oxygen atoms in total. The summed E-state index contributed by atoms with van der Waals surface area (Å²) in [5.41, 5.74) is 0.621. The Kier molecular flexibility index (Phi) is 4.45. The number of amides is 2. The highest BCUT2D eigenvalue weighted by molar-refractivity contribution is 7.99. The van der Waals surface area contributed by atoms with Gasteiger partial charge in [0.05, 0.1) is 18.2 Å². The maximum atomic E-state index is 12.7. The third-order valence-corrected chi connectivity index (χ3v) is 5.47. The fourth-order valence-corrected chi connectivity index (χ4v) is 4.35. The van der Waals surface area contributed by atoms with E-state index in [-0.39, 0.29) is 23.9 Å². The van der Waals surface area contributed by atoms with E-state index >= 15 is 0 Å². The van der Waals surface area contributed by atoms with Crippen LogP contribution in [0.2, 0.25) is 0 Å². The van der Waals surface area contributed by atoms with E-state index in [2.05, 4.69) is 5.32 Å². The van der Waals surface area contributed by atoms with Crippen LogP contribution in [0.4, 0.5) is 0 Å². The van der Waals surface area contributed by atoms with Gasteiger partial charge in [-0.1, -0.05) is 20.8 Å². The number of hydrogen-bond donors (Lipinski definition) is 1. The van der Waals surface area contributed by atoms with E-state index in [0.29, 0.717) is 11.6 Å². The number of nitrogens with zero attached hydrogens (tertiary/aromatic N) is 1. The summed E-state index contributed by atoms with van der Waals surface area (Å²) in [4.78, 5) is 27.0. The molecule has 23 heavy (non-hydrogen) atoms. The Morgan fingerprint density at radius 2 is 2.17 bits per heavy atom. The topological polar surface area (TPSA) is 62.6 Å². The number of aryl methyl sites for hydroxylation is 1. The van der Waals surface area contributed by atoms with Crippen LogP contribution in [0, 0.1) is 5.41 Å². The fourth-order valence-electron chi connectivity index (χ4n) is 3.20. The van der Waals surface area contributed by atoms with Crippen LogP contribution in [-0.2, 0) is 16.0 Å². The molecule has 1 aliphatic carbocycles. The molecule has 126 valence electrons. The van der Waals surface area contributed by atoms with Gasteiger partial charge in [-0.3, -0.25) is 9.59 Å². The predicted octanol–water partition coefficient (Wildman–Crippen LogP) is 2.72. The van der Waals surface area contributed by atoms with Crippen molar-refractivity contribution in [1.82, 2.24) is 10.2 Å². The first kappa shape index (κ1) is 16.4. The average Bonchev–Trinajstić information content (AvgIpc) is 3.14. The second kappa shape index (κ2) is 6.23. The largest absolute Gasteiger partial charge is 0.469 e. The number of hydrogen-bond acceptors (Lipinski definition) is 4. The van der Waals surface area contributed by atoms with Gasteiger partial charge in [-0.15, -0.1) is 11.8 Å². The minimum atomic E-state index is -0.466. The van der Waals surface area contributed by atoms with Crippen molar-refractivity contribution in [3.05, 3.63) is 23.7 Å². The number of carbonyl (C=O) groups excluding carboxylic acids is 2. The highest BCUT2D eigenvalue weighted by atomic mass is 32.2. The lowest BCUT2D eigenvalue weighted by atomic mass is 9.92. The van der Waals surface area contributed by atoms with Crippen LogP contribution < -0.4 is 5.32 Å². The standard InChI is InChI=1S/C17H24N2O3S/c1-17(2,3)16(21)19-10-23-9-13(19)15(20)18-12-5-4-6-14-11(12)7-8-22-14/h7-8,12-13H,4-6,9-10H2,1-3H3,(H,18,20)/t12-,13+/m0/s1. The normalized spacial score (nSPS) is 24.4. The first-order valence-corrected chi connectivity index (χ1v) is 9.29. The summed E-state index contributed by atoms with van der Waals surface area (Å²) in [6.45, 7) is 5.69. The molecule has 1 N–H and O–H groups in total. The summed E-state index contributed by atoms with van der Waals surface area (Å²) >= 11 is 1.64. The molecule has 3 rings (SSSR count). The first-order chi connectivity index (χ1) is 10.9. The SMILES string of the molecule is CC(C)(C)C(=O)N1CSC[C@@H]1C(=O)N[C@H]1CCCc2occc21. The second-order valence-corrected chi connectivity index (χ2v) is 8.29. The molecule has 0 saturated carbocycles. The smallest absolute Gasteiger partial charge is 0.244 e. The van der Waals surface area contributed by atoms with Crippen LogP contribution in [0.3, 0.4) is 0 Å². The number of fused-ring (bicyclic) bond motifs is 1. The Balaban J connectivity index is 1.70. The lowest BCUT2D eigenvalue weighted by Crippen LogP contribution is -2.51. The molecule has 0 bridgehead atoms. The molecule has 1 aromatic rings. The van der Waals surface area contributed by atoms with Gasteiger partial charge in [0.2, 0.25) is 11.8 Å². The zero-order valence-corrected chi connectivity index (χ0v) is 14.7. The van der Waals surface area contributed by atoms with Crippen molar-refractivity contribution < 1.29 is 14.0 Å². The van der Waals surface area contributed by atoms with Gasteiger partial charge in [-0.25, -0.2) is 0 Å². The number of nitrogens with one attached hydrogen (secondary N) is 1. The lowest BCUT2D eigenvalue weighted by Gasteiger charge is -2.31. The van der Waals surface area contributed by atoms with E-state index in [0.717, 1.165) is 30.6 Å². The number of thioether (sulfide) groups is 1. The molecule has 1 aliphatic heterocycles. The maximum absolute atomic E-state index is 12.7. The molecule has 0 radical (unpaired) electrons. The van der Waals surface area contributed by atoms with Crippen molar-refractivity contribution >= 4 is 23.6 Å². The van der Waals surface area contributed by atoms with Crippen molar-refractivity contribution in [3.8, 4) is 0 Å². The Labute approximate surface area is 141 Å². The zero-order chi connectivity index (χ0) is 16.6. The summed E-state index contributed by atoms with van der Waals surface area (Å²) in [6.07, 6.45) is 4.56. The highest BCUT2D eigenvalue weighted by Gasteiger charge is 2.39. The van der Waals surface area contributed by atoms with E-state index < -0.39 is 5.41 Å². The third kappa shape index (κ3) is 3.27. The van der Waals surface area contributed by atoms with Gasteiger partial charge in [-0.2, -0.15) is 0 Å². The third-order valence-electron chi connectivity index (χ3n) is 4.46. The minimum absolute atomic E-state index is 0.00203. The van der Waals surface area contributed by atoms with Gasteiger partial charge < -0.3 is 14.6 Å². The second-order valence-electron chi connectivity index (χ2n) is 7.29. The summed E-state index contributed by atoms with van der Waals surface area (Å²) in [7, 11) is 0. The quantitative estimate of drug-likeness (QED) is 0.902. The molecular formula is C17H24N2O3S. The summed E-state index contributed by atoms with van der Waals surface area (Å²) in [6, 6.07) is 1.58. The molecule has 1 saturated heterocycles. The van der Waals surface area contributed by atoms with E-state index in [1.165, 1.54) is 0 Å². The van der Waals surface area contributed by atoms with Gasteiger partial charge >= 0.3 is 0 Å². The Hall–Kier alpha value is -1.43. The minimum Gasteiger partial charge on any atom is -0.469 e. The van der Waals surface area contributed by atoms with Crippen LogP contribution in [0.25, 0.3) is 0 Å². The van der Waals surface area contributed by atoms with Crippen LogP contribution in [0.15, 0.2) is 16.7 Å². The van der Waals surface area contributed by atoms with Gasteiger partial charge in [0.25, 0.3) is 0 Å². The van der Waals surface area contributed by atoms with Gasteiger partial charge in [0.15, 0.2) is 0 Å². The van der Waals surface area contributed by atoms with E-state index in [1.807, 2.05) is 26.8 Å². The lowest BCUT2D eigenvalue weighted by molar-refractivity contribution is -0.144. The average molecular weight is 336 g/mol. The molecule has 0 aromatic carbocycles. The monoisotopic (exact) mass is 336 g/mol. The Morgan fingerprint density at radius 3 is 2.91 bits per heavy atom. The van der Waals surface area contributed by atoms with Gasteiger partial charge in [0, 0.05) is 23.2 Å². The van der Waals surface area contributed by atoms with Crippen LogP contribution in [0.5, 0.6) is 0 Å². The van der Waals surface area contributed by atoms with Crippen molar-refractivity contribution in [2.24, 2.45) is 5.41 Å². The predicted molar refractivity (Wildman–Crippen MR) is 89.9 cm³/mol. The summed E-state index contributed by atoms with van der Waals surface area (Å²) in [5.74, 6) is 2.22. The Morgan fingerprint density at radius 1 is 1.39 bits per heavy atom. The number of rotatable bonds is 2. The molecule has 0 spiro atoms. The number of furan rings is 1. The van der Waals surface area contributed by atoms with Crippen molar-refractivity contribution in [1.29, 1.82) is 0 Å². The molecule has 2 aliphatic rings. The van der Waals surface area contributed by atoms with Crippen LogP contribution in [0.1, 0.15) is 51.0 Å². The molecule has 1 aromatic heterocycles. The Bertz CT molecular complexity index is 605. The summed E-state index contributed by atoms with van der Waals surface area (Å²) in [5, 5.41) is 3.13.